The van der Waals surface area contributed by atoms with Crippen molar-refractivity contribution in [1.29, 1.82) is 0 Å². The summed E-state index contributed by atoms with van der Waals surface area (Å²) >= 11 is 0. The first-order valence-electron chi connectivity index (χ1n) is 5.92. The van der Waals surface area contributed by atoms with Crippen LogP contribution in [-0.4, -0.2) is 17.4 Å². The average Bonchev–Trinajstić information content (AvgIpc) is 2.80. The largest absolute Gasteiger partial charge is 0.460 e. The summed E-state index contributed by atoms with van der Waals surface area (Å²) in [6.45, 7) is 9.30. The van der Waals surface area contributed by atoms with E-state index in [-0.39, 0.29) is 24.1 Å². The molecule has 0 amide bonds. The lowest BCUT2D eigenvalue weighted by atomic mass is 9.89. The Morgan fingerprint density at radius 2 is 1.75 bits per heavy atom. The maximum absolute atomic E-state index is 11.9. The van der Waals surface area contributed by atoms with Gasteiger partial charge >= 0.3 is 5.97 Å². The number of carbonyl (C=O) groups is 2. The van der Waals surface area contributed by atoms with Crippen LogP contribution < -0.4 is 0 Å². The summed E-state index contributed by atoms with van der Waals surface area (Å²) in [5.74, 6) is -0.0395. The van der Waals surface area contributed by atoms with E-state index < -0.39 is 11.0 Å². The maximum Gasteiger partial charge on any atom is 0.307 e. The van der Waals surface area contributed by atoms with Gasteiger partial charge < -0.3 is 4.74 Å². The molecule has 0 aromatic carbocycles. The average molecular weight is 226 g/mol. The highest BCUT2D eigenvalue weighted by Gasteiger charge is 2.51. The number of hydrogen-bond donors (Lipinski definition) is 0. The van der Waals surface area contributed by atoms with Crippen molar-refractivity contribution in [1.82, 2.24) is 0 Å². The molecule has 0 aromatic rings. The van der Waals surface area contributed by atoms with E-state index in [1.807, 2.05) is 34.6 Å². The Morgan fingerprint density at radius 3 is 2.06 bits per heavy atom. The molecule has 0 heterocycles. The zero-order valence-electron chi connectivity index (χ0n) is 10.9. The van der Waals surface area contributed by atoms with Crippen molar-refractivity contribution in [2.45, 2.75) is 59.5 Å². The minimum absolute atomic E-state index is 0.00457. The third-order valence-electron chi connectivity index (χ3n) is 2.80. The highest BCUT2D eigenvalue weighted by atomic mass is 16.6. The molecule has 1 rings (SSSR count). The second-order valence-electron chi connectivity index (χ2n) is 6.06. The fourth-order valence-corrected chi connectivity index (χ4v) is 1.93. The molecule has 3 nitrogen and oxygen atoms in total. The van der Waals surface area contributed by atoms with Crippen LogP contribution in [0.2, 0.25) is 0 Å². The van der Waals surface area contributed by atoms with Crippen LogP contribution in [0.25, 0.3) is 0 Å². The zero-order chi connectivity index (χ0) is 12.6. The molecule has 1 aliphatic rings. The second kappa shape index (κ2) is 4.19. The highest BCUT2D eigenvalue weighted by Crippen LogP contribution is 2.51. The van der Waals surface area contributed by atoms with E-state index >= 15 is 0 Å². The van der Waals surface area contributed by atoms with Gasteiger partial charge in [-0.05, 0) is 33.6 Å². The van der Waals surface area contributed by atoms with E-state index in [1.165, 1.54) is 0 Å². The number of rotatable bonds is 4. The minimum atomic E-state index is -0.464. The predicted octanol–water partition coefficient (Wildman–Crippen LogP) is 2.72. The lowest BCUT2D eigenvalue weighted by molar-refractivity contribution is -0.158. The summed E-state index contributed by atoms with van der Waals surface area (Å²) in [5, 5.41) is 0. The number of Topliss-reactive ketones (excluding diaryl/α,β-unsaturated/α-hetero) is 1. The van der Waals surface area contributed by atoms with Gasteiger partial charge in [0.1, 0.15) is 11.4 Å². The molecule has 0 unspecified atom stereocenters. The molecule has 1 aliphatic carbocycles. The molecule has 92 valence electrons. The fraction of sp³-hybridized carbons (Fsp3) is 0.846. The van der Waals surface area contributed by atoms with Crippen LogP contribution >= 0.6 is 0 Å². The van der Waals surface area contributed by atoms with Gasteiger partial charge in [0, 0.05) is 11.3 Å². The van der Waals surface area contributed by atoms with Crippen LogP contribution in [0.3, 0.4) is 0 Å². The molecular weight excluding hydrogens is 204 g/mol. The SMILES string of the molecule is CC(C)C(=O)C1(CC(=O)OC(C)(C)C)CC1. The first kappa shape index (κ1) is 13.2. The molecule has 0 spiro atoms. The molecular formula is C13H22O3. The maximum atomic E-state index is 11.9. The van der Waals surface area contributed by atoms with Gasteiger partial charge in [0.2, 0.25) is 0 Å². The predicted molar refractivity (Wildman–Crippen MR) is 62.0 cm³/mol. The Morgan fingerprint density at radius 1 is 1.25 bits per heavy atom. The van der Waals surface area contributed by atoms with E-state index in [0.717, 1.165) is 12.8 Å². The lowest BCUT2D eigenvalue weighted by Crippen LogP contribution is -2.29. The smallest absolute Gasteiger partial charge is 0.307 e. The number of ether oxygens (including phenoxy) is 1. The van der Waals surface area contributed by atoms with E-state index in [0.29, 0.717) is 0 Å². The van der Waals surface area contributed by atoms with E-state index in [2.05, 4.69) is 0 Å². The van der Waals surface area contributed by atoms with Crippen LogP contribution in [-0.2, 0) is 14.3 Å². The number of esters is 1. The Bertz CT molecular complexity index is 293. The van der Waals surface area contributed by atoms with Crippen LogP contribution in [0.4, 0.5) is 0 Å². The Hall–Kier alpha value is -0.860. The van der Waals surface area contributed by atoms with Gasteiger partial charge in [-0.25, -0.2) is 0 Å². The van der Waals surface area contributed by atoms with Crippen molar-refractivity contribution in [3.8, 4) is 0 Å². The first-order valence-corrected chi connectivity index (χ1v) is 5.92. The molecule has 0 aliphatic heterocycles. The summed E-state index contributed by atoms with van der Waals surface area (Å²) in [6, 6.07) is 0. The first-order chi connectivity index (χ1) is 7.16. The molecule has 0 radical (unpaired) electrons. The summed E-state index contributed by atoms with van der Waals surface area (Å²) in [7, 11) is 0. The summed E-state index contributed by atoms with van der Waals surface area (Å²) in [6.07, 6.45) is 1.92. The van der Waals surface area contributed by atoms with Gasteiger partial charge in [-0.15, -0.1) is 0 Å². The van der Waals surface area contributed by atoms with Crippen molar-refractivity contribution < 1.29 is 14.3 Å². The number of ketones is 1. The number of hydrogen-bond acceptors (Lipinski definition) is 3. The Labute approximate surface area is 97.5 Å². The Kier molecular flexibility index (Phi) is 3.46. The van der Waals surface area contributed by atoms with Gasteiger partial charge in [-0.1, -0.05) is 13.8 Å². The Balaban J connectivity index is 2.55. The molecule has 1 saturated carbocycles. The molecule has 0 atom stereocenters. The van der Waals surface area contributed by atoms with Gasteiger partial charge in [0.05, 0.1) is 6.42 Å². The van der Waals surface area contributed by atoms with Gasteiger partial charge in [-0.3, -0.25) is 9.59 Å². The van der Waals surface area contributed by atoms with Crippen molar-refractivity contribution in [3.63, 3.8) is 0 Å². The summed E-state index contributed by atoms with van der Waals surface area (Å²) < 4.78 is 5.25. The second-order valence-corrected chi connectivity index (χ2v) is 6.06. The monoisotopic (exact) mass is 226 g/mol. The lowest BCUT2D eigenvalue weighted by Gasteiger charge is -2.22. The normalized spacial score (nSPS) is 18.4. The molecule has 0 N–H and O–H groups in total. The van der Waals surface area contributed by atoms with Crippen LogP contribution in [0.5, 0.6) is 0 Å². The highest BCUT2D eigenvalue weighted by molar-refractivity contribution is 5.92. The van der Waals surface area contributed by atoms with Gasteiger partial charge in [0.15, 0.2) is 0 Å². The van der Waals surface area contributed by atoms with Crippen molar-refractivity contribution in [2.75, 3.05) is 0 Å². The third-order valence-corrected chi connectivity index (χ3v) is 2.80. The van der Waals surface area contributed by atoms with E-state index in [9.17, 15) is 9.59 Å². The molecule has 16 heavy (non-hydrogen) atoms. The van der Waals surface area contributed by atoms with E-state index in [1.54, 1.807) is 0 Å². The molecule has 0 bridgehead atoms. The number of carbonyl (C=O) groups excluding carboxylic acids is 2. The molecule has 0 saturated heterocycles. The topological polar surface area (TPSA) is 43.4 Å². The van der Waals surface area contributed by atoms with E-state index in [4.69, 9.17) is 4.74 Å². The van der Waals surface area contributed by atoms with Crippen molar-refractivity contribution >= 4 is 11.8 Å². The quantitative estimate of drug-likeness (QED) is 0.692. The fourth-order valence-electron chi connectivity index (χ4n) is 1.93. The van der Waals surface area contributed by atoms with Crippen molar-refractivity contribution in [2.24, 2.45) is 11.3 Å². The van der Waals surface area contributed by atoms with Crippen molar-refractivity contribution in [3.05, 3.63) is 0 Å². The minimum Gasteiger partial charge on any atom is -0.460 e. The molecule has 1 fully saturated rings. The molecule has 3 heteroatoms. The standard InChI is InChI=1S/C13H22O3/c1-9(2)11(15)13(6-7-13)8-10(14)16-12(3,4)5/h9H,6-8H2,1-5H3. The van der Waals surface area contributed by atoms with Crippen LogP contribution in [0.15, 0.2) is 0 Å². The summed E-state index contributed by atoms with van der Waals surface area (Å²) in [4.78, 5) is 23.6. The van der Waals surface area contributed by atoms with Crippen LogP contribution in [0, 0.1) is 11.3 Å². The van der Waals surface area contributed by atoms with Gasteiger partial charge in [0.25, 0.3) is 0 Å². The van der Waals surface area contributed by atoms with Gasteiger partial charge in [-0.2, -0.15) is 0 Å². The summed E-state index contributed by atoms with van der Waals surface area (Å²) in [5.41, 5.74) is -0.857. The van der Waals surface area contributed by atoms with Crippen LogP contribution in [0.1, 0.15) is 53.9 Å². The molecule has 0 aromatic heterocycles. The third kappa shape index (κ3) is 3.32. The zero-order valence-corrected chi connectivity index (χ0v) is 10.9.